The van der Waals surface area contributed by atoms with Gasteiger partial charge >= 0.3 is 5.97 Å². The molecule has 0 bridgehead atoms. The van der Waals surface area contributed by atoms with Gasteiger partial charge in [-0.3, -0.25) is 5.32 Å². The first-order chi connectivity index (χ1) is 5.60. The number of nitrogens with one attached hydrogen (secondary N) is 1. The molecule has 0 saturated carbocycles. The van der Waals surface area contributed by atoms with Gasteiger partial charge < -0.3 is 10.5 Å². The third-order valence-corrected chi connectivity index (χ3v) is 1.24. The fourth-order valence-corrected chi connectivity index (χ4v) is 0.717. The summed E-state index contributed by atoms with van der Waals surface area (Å²) in [6, 6.07) is 0. The van der Waals surface area contributed by atoms with Crippen molar-refractivity contribution in [2.75, 3.05) is 0 Å². The Hall–Kier alpha value is -0.870. The van der Waals surface area contributed by atoms with E-state index in [-0.39, 0.29) is 12.4 Å². The Labute approximate surface area is 72.8 Å². The van der Waals surface area contributed by atoms with Crippen LogP contribution in [0.3, 0.4) is 0 Å². The van der Waals surface area contributed by atoms with Crippen LogP contribution < -0.4 is 11.1 Å². The second-order valence-corrected chi connectivity index (χ2v) is 2.49. The first-order valence-corrected chi connectivity index (χ1v) is 3.94. The Morgan fingerprint density at radius 1 is 1.83 bits per heavy atom. The summed E-state index contributed by atoms with van der Waals surface area (Å²) in [5.41, 5.74) is 5.46. The monoisotopic (exact) mass is 172 g/mol. The Balaban J connectivity index is 3.82. The van der Waals surface area contributed by atoms with E-state index in [1.165, 1.54) is 0 Å². The van der Waals surface area contributed by atoms with Crippen LogP contribution in [0.15, 0.2) is 12.7 Å². The van der Waals surface area contributed by atoms with Gasteiger partial charge in [0.2, 0.25) is 0 Å². The van der Waals surface area contributed by atoms with Crippen LogP contribution in [0.2, 0.25) is 0 Å². The minimum absolute atomic E-state index is 0.187. The van der Waals surface area contributed by atoms with Crippen LogP contribution in [0, 0.1) is 0 Å². The van der Waals surface area contributed by atoms with Crippen LogP contribution in [-0.2, 0) is 9.53 Å². The van der Waals surface area contributed by atoms with Gasteiger partial charge in [-0.05, 0) is 13.3 Å². The van der Waals surface area contributed by atoms with Crippen LogP contribution in [0.25, 0.3) is 0 Å². The molecule has 4 heteroatoms. The lowest BCUT2D eigenvalue weighted by atomic mass is 10.4. The Morgan fingerprint density at radius 2 is 2.42 bits per heavy atom. The van der Waals surface area contributed by atoms with Gasteiger partial charge in [-0.15, -0.1) is 0 Å². The lowest BCUT2D eigenvalue weighted by Crippen LogP contribution is -2.43. The molecule has 70 valence electrons. The van der Waals surface area contributed by atoms with Crippen LogP contribution in [0.1, 0.15) is 20.3 Å². The molecule has 0 aliphatic carbocycles. The smallest absolute Gasteiger partial charge is 0.331 e. The zero-order valence-corrected chi connectivity index (χ0v) is 7.54. The lowest BCUT2D eigenvalue weighted by molar-refractivity contribution is -0.145. The Kier molecular flexibility index (Phi) is 5.32. The number of carbonyl (C=O) groups excluding carboxylic acids is 1. The fraction of sp³-hybridized carbons (Fsp3) is 0.625. The number of carbonyl (C=O) groups is 1. The third-order valence-electron chi connectivity index (χ3n) is 1.24. The maximum Gasteiger partial charge on any atom is 0.331 e. The van der Waals surface area contributed by atoms with Crippen LogP contribution in [-0.4, -0.2) is 18.4 Å². The highest BCUT2D eigenvalue weighted by atomic mass is 16.6. The van der Waals surface area contributed by atoms with Crippen molar-refractivity contribution in [2.24, 2.45) is 5.73 Å². The van der Waals surface area contributed by atoms with Crippen molar-refractivity contribution >= 4 is 5.97 Å². The molecule has 2 atom stereocenters. The maximum absolute atomic E-state index is 10.7. The molecule has 0 aromatic carbocycles. The highest BCUT2D eigenvalue weighted by Gasteiger charge is 2.10. The summed E-state index contributed by atoms with van der Waals surface area (Å²) >= 11 is 0. The van der Waals surface area contributed by atoms with Gasteiger partial charge in [0.15, 0.2) is 6.23 Å². The van der Waals surface area contributed by atoms with E-state index in [1.807, 2.05) is 6.92 Å². The van der Waals surface area contributed by atoms with Gasteiger partial charge in [-0.2, -0.15) is 0 Å². The van der Waals surface area contributed by atoms with E-state index < -0.39 is 5.97 Å². The molecule has 0 aliphatic rings. The van der Waals surface area contributed by atoms with E-state index in [1.54, 1.807) is 6.92 Å². The molecule has 0 radical (unpaired) electrons. The Bertz CT molecular complexity index is 157. The second-order valence-electron chi connectivity index (χ2n) is 2.49. The summed E-state index contributed by atoms with van der Waals surface area (Å²) in [7, 11) is 0. The summed E-state index contributed by atoms with van der Waals surface area (Å²) in [6.45, 7) is 6.97. The van der Waals surface area contributed by atoms with Crippen LogP contribution >= 0.6 is 0 Å². The Morgan fingerprint density at radius 3 is 2.75 bits per heavy atom. The SMILES string of the molecule is C=CC(=O)OC(CC)NC(C)N. The molecule has 0 heterocycles. The molecule has 2 unspecified atom stereocenters. The standard InChI is InChI=1S/C8H16N2O2/c1-4-7(10-6(3)9)12-8(11)5-2/h5-7,10H,2,4,9H2,1,3H3. The summed E-state index contributed by atoms with van der Waals surface area (Å²) in [5, 5.41) is 2.88. The van der Waals surface area contributed by atoms with Crippen LogP contribution in [0.4, 0.5) is 0 Å². The number of rotatable bonds is 5. The average Bonchev–Trinajstić information content (AvgIpc) is 2.02. The molecule has 0 spiro atoms. The first-order valence-electron chi connectivity index (χ1n) is 3.94. The van der Waals surface area contributed by atoms with Gasteiger partial charge in [-0.25, -0.2) is 4.79 Å². The predicted octanol–water partition coefficient (Wildman–Crippen LogP) is 0.346. The van der Waals surface area contributed by atoms with E-state index >= 15 is 0 Å². The summed E-state index contributed by atoms with van der Waals surface area (Å²) < 4.78 is 4.91. The topological polar surface area (TPSA) is 64.3 Å². The summed E-state index contributed by atoms with van der Waals surface area (Å²) in [6.07, 6.45) is 1.30. The molecule has 0 aliphatic heterocycles. The number of ether oxygens (including phenoxy) is 1. The highest BCUT2D eigenvalue weighted by Crippen LogP contribution is 1.95. The van der Waals surface area contributed by atoms with E-state index in [4.69, 9.17) is 10.5 Å². The van der Waals surface area contributed by atoms with Gasteiger partial charge in [0.1, 0.15) is 0 Å². The minimum Gasteiger partial charge on any atom is -0.443 e. The summed E-state index contributed by atoms with van der Waals surface area (Å²) in [4.78, 5) is 10.7. The zero-order valence-electron chi connectivity index (χ0n) is 7.54. The van der Waals surface area contributed by atoms with Crippen molar-refractivity contribution in [3.63, 3.8) is 0 Å². The van der Waals surface area contributed by atoms with Crippen molar-refractivity contribution in [3.05, 3.63) is 12.7 Å². The average molecular weight is 172 g/mol. The zero-order chi connectivity index (χ0) is 9.56. The van der Waals surface area contributed by atoms with Crippen molar-refractivity contribution in [1.82, 2.24) is 5.32 Å². The molecule has 3 N–H and O–H groups in total. The number of nitrogens with two attached hydrogens (primary N) is 1. The van der Waals surface area contributed by atoms with Crippen molar-refractivity contribution in [3.8, 4) is 0 Å². The quantitative estimate of drug-likeness (QED) is 0.357. The van der Waals surface area contributed by atoms with Crippen molar-refractivity contribution in [2.45, 2.75) is 32.7 Å². The van der Waals surface area contributed by atoms with Crippen LogP contribution in [0.5, 0.6) is 0 Å². The molecular formula is C8H16N2O2. The van der Waals surface area contributed by atoms with Gasteiger partial charge in [0.25, 0.3) is 0 Å². The predicted molar refractivity (Wildman–Crippen MR) is 47.2 cm³/mol. The molecule has 0 rings (SSSR count). The van der Waals surface area contributed by atoms with Gasteiger partial charge in [-0.1, -0.05) is 13.5 Å². The lowest BCUT2D eigenvalue weighted by Gasteiger charge is -2.18. The highest BCUT2D eigenvalue weighted by molar-refractivity contribution is 5.81. The van der Waals surface area contributed by atoms with Crippen molar-refractivity contribution < 1.29 is 9.53 Å². The molecule has 12 heavy (non-hydrogen) atoms. The number of hydrogen-bond donors (Lipinski definition) is 2. The maximum atomic E-state index is 10.7. The third kappa shape index (κ3) is 4.87. The first kappa shape index (κ1) is 11.1. The minimum atomic E-state index is -0.435. The van der Waals surface area contributed by atoms with E-state index in [0.29, 0.717) is 6.42 Å². The van der Waals surface area contributed by atoms with E-state index in [9.17, 15) is 4.79 Å². The number of hydrogen-bond acceptors (Lipinski definition) is 4. The molecule has 0 fully saturated rings. The van der Waals surface area contributed by atoms with E-state index in [2.05, 4.69) is 11.9 Å². The molecule has 0 amide bonds. The van der Waals surface area contributed by atoms with E-state index in [0.717, 1.165) is 6.08 Å². The molecule has 0 saturated heterocycles. The number of esters is 1. The van der Waals surface area contributed by atoms with Crippen molar-refractivity contribution in [1.29, 1.82) is 0 Å². The summed E-state index contributed by atoms with van der Waals surface area (Å²) in [5.74, 6) is -0.435. The molecule has 4 nitrogen and oxygen atoms in total. The molecular weight excluding hydrogens is 156 g/mol. The normalized spacial score (nSPS) is 14.9. The van der Waals surface area contributed by atoms with Gasteiger partial charge in [0.05, 0.1) is 6.17 Å². The van der Waals surface area contributed by atoms with Gasteiger partial charge in [0, 0.05) is 6.08 Å². The second kappa shape index (κ2) is 5.74. The fourth-order valence-electron chi connectivity index (χ4n) is 0.717. The largest absolute Gasteiger partial charge is 0.443 e. The molecule has 0 aromatic heterocycles. The molecule has 0 aromatic rings.